The monoisotopic (exact) mass is 270 g/mol. The number of rotatable bonds is 4. The fraction of sp³-hybridized carbons (Fsp3) is 0.182. The predicted octanol–water partition coefficient (Wildman–Crippen LogP) is 3.10. The Morgan fingerprint density at radius 3 is 2.80 bits per heavy atom. The average molecular weight is 271 g/mol. The molecule has 4 heteroatoms. The van der Waals surface area contributed by atoms with Gasteiger partial charge in [-0.3, -0.25) is 0 Å². The average Bonchev–Trinajstić information content (AvgIpc) is 2.16. The molecule has 0 aromatic heterocycles. The summed E-state index contributed by atoms with van der Waals surface area (Å²) in [6.07, 6.45) is 0. The molecule has 0 heterocycles. The lowest BCUT2D eigenvalue weighted by atomic mass is 10.2. The number of halogens is 1. The lowest BCUT2D eigenvalue weighted by Gasteiger charge is -2.08. The number of ether oxygens (including phenoxy) is 1. The molecule has 0 aliphatic carbocycles. The molecular formula is C11H11BrO3. The number of benzene rings is 1. The molecule has 1 aromatic rings. The molecule has 0 saturated carbocycles. The summed E-state index contributed by atoms with van der Waals surface area (Å²) in [6.45, 7) is 5.92. The van der Waals surface area contributed by atoms with E-state index in [1.54, 1.807) is 6.07 Å². The smallest absolute Gasteiger partial charge is 0.335 e. The first-order valence-corrected chi connectivity index (χ1v) is 5.10. The van der Waals surface area contributed by atoms with E-state index in [1.165, 1.54) is 12.1 Å². The summed E-state index contributed by atoms with van der Waals surface area (Å²) in [5, 5.41) is 8.79. The maximum Gasteiger partial charge on any atom is 0.335 e. The summed E-state index contributed by atoms with van der Waals surface area (Å²) >= 11 is 3.28. The maximum absolute atomic E-state index is 10.7. The van der Waals surface area contributed by atoms with Gasteiger partial charge in [-0.2, -0.15) is 0 Å². The Kier molecular flexibility index (Phi) is 3.91. The first kappa shape index (κ1) is 11.8. The summed E-state index contributed by atoms with van der Waals surface area (Å²) in [5.41, 5.74) is 1.08. The molecule has 0 fully saturated rings. The molecule has 1 N–H and O–H groups in total. The van der Waals surface area contributed by atoms with Gasteiger partial charge in [0.1, 0.15) is 12.4 Å². The topological polar surface area (TPSA) is 46.5 Å². The molecule has 0 saturated heterocycles. The maximum atomic E-state index is 10.7. The number of carbonyl (C=O) groups is 1. The van der Waals surface area contributed by atoms with Crippen LogP contribution in [0.15, 0.2) is 34.8 Å². The predicted molar refractivity (Wildman–Crippen MR) is 61.4 cm³/mol. The van der Waals surface area contributed by atoms with Crippen LogP contribution >= 0.6 is 15.9 Å². The number of hydrogen-bond donors (Lipinski definition) is 1. The minimum atomic E-state index is -0.970. The second-order valence-electron chi connectivity index (χ2n) is 3.20. The highest BCUT2D eigenvalue weighted by molar-refractivity contribution is 9.10. The van der Waals surface area contributed by atoms with E-state index in [4.69, 9.17) is 9.84 Å². The van der Waals surface area contributed by atoms with Crippen molar-refractivity contribution in [2.75, 3.05) is 6.61 Å². The quantitative estimate of drug-likeness (QED) is 0.856. The third kappa shape index (κ3) is 3.40. The van der Waals surface area contributed by atoms with Crippen LogP contribution in [0.4, 0.5) is 0 Å². The van der Waals surface area contributed by atoms with Crippen molar-refractivity contribution >= 4 is 21.9 Å². The highest BCUT2D eigenvalue weighted by atomic mass is 79.9. The highest BCUT2D eigenvalue weighted by Crippen LogP contribution is 2.26. The van der Waals surface area contributed by atoms with Gasteiger partial charge in [-0.1, -0.05) is 6.58 Å². The standard InChI is InChI=1S/C11H11BrO3/c1-7(2)6-15-10-5-8(11(13)14)3-4-9(10)12/h3-5H,1,6H2,2H3,(H,13,14). The van der Waals surface area contributed by atoms with Crippen LogP contribution in [0.25, 0.3) is 0 Å². The molecule has 0 amide bonds. The van der Waals surface area contributed by atoms with E-state index in [9.17, 15) is 4.79 Å². The lowest BCUT2D eigenvalue weighted by Crippen LogP contribution is -2.01. The minimum absolute atomic E-state index is 0.204. The van der Waals surface area contributed by atoms with Gasteiger partial charge < -0.3 is 9.84 Å². The first-order chi connectivity index (χ1) is 7.00. The van der Waals surface area contributed by atoms with Gasteiger partial charge in [0, 0.05) is 0 Å². The van der Waals surface area contributed by atoms with Gasteiger partial charge in [0.05, 0.1) is 10.0 Å². The molecule has 0 unspecified atom stereocenters. The summed E-state index contributed by atoms with van der Waals surface area (Å²) < 4.78 is 6.11. The van der Waals surface area contributed by atoms with E-state index >= 15 is 0 Å². The van der Waals surface area contributed by atoms with Crippen LogP contribution in [0.5, 0.6) is 5.75 Å². The van der Waals surface area contributed by atoms with Crippen LogP contribution in [0, 0.1) is 0 Å². The normalized spacial score (nSPS) is 9.73. The molecule has 0 atom stereocenters. The van der Waals surface area contributed by atoms with Crippen molar-refractivity contribution in [1.82, 2.24) is 0 Å². The van der Waals surface area contributed by atoms with E-state index in [2.05, 4.69) is 22.5 Å². The summed E-state index contributed by atoms with van der Waals surface area (Å²) in [6, 6.07) is 4.65. The molecule has 0 spiro atoms. The van der Waals surface area contributed by atoms with Crippen molar-refractivity contribution in [2.45, 2.75) is 6.92 Å². The molecule has 0 aliphatic rings. The van der Waals surface area contributed by atoms with E-state index in [-0.39, 0.29) is 5.56 Å². The molecule has 0 radical (unpaired) electrons. The van der Waals surface area contributed by atoms with Gasteiger partial charge in [-0.15, -0.1) is 0 Å². The van der Waals surface area contributed by atoms with E-state index in [0.717, 1.165) is 10.0 Å². The Hall–Kier alpha value is -1.29. The van der Waals surface area contributed by atoms with Crippen LogP contribution in [-0.2, 0) is 0 Å². The number of hydrogen-bond acceptors (Lipinski definition) is 2. The summed E-state index contributed by atoms with van der Waals surface area (Å²) in [7, 11) is 0. The van der Waals surface area contributed by atoms with Crippen molar-refractivity contribution in [2.24, 2.45) is 0 Å². The van der Waals surface area contributed by atoms with Crippen LogP contribution in [0.3, 0.4) is 0 Å². The van der Waals surface area contributed by atoms with Gasteiger partial charge in [0.2, 0.25) is 0 Å². The first-order valence-electron chi connectivity index (χ1n) is 4.30. The Bertz CT molecular complexity index is 399. The van der Waals surface area contributed by atoms with Crippen molar-refractivity contribution in [1.29, 1.82) is 0 Å². The molecule has 15 heavy (non-hydrogen) atoms. The number of aromatic carboxylic acids is 1. The fourth-order valence-corrected chi connectivity index (χ4v) is 1.31. The Morgan fingerprint density at radius 2 is 2.27 bits per heavy atom. The summed E-state index contributed by atoms with van der Waals surface area (Å²) in [5.74, 6) is -0.458. The Morgan fingerprint density at radius 1 is 1.60 bits per heavy atom. The lowest BCUT2D eigenvalue weighted by molar-refractivity contribution is 0.0696. The SMILES string of the molecule is C=C(C)COc1cc(C(=O)O)ccc1Br. The largest absolute Gasteiger partial charge is 0.488 e. The van der Waals surface area contributed by atoms with Gasteiger partial charge >= 0.3 is 5.97 Å². The van der Waals surface area contributed by atoms with Gasteiger partial charge in [0.15, 0.2) is 0 Å². The zero-order valence-corrected chi connectivity index (χ0v) is 9.87. The zero-order chi connectivity index (χ0) is 11.4. The number of carboxylic acids is 1. The second kappa shape index (κ2) is 4.98. The number of carboxylic acid groups (broad SMARTS) is 1. The van der Waals surface area contributed by atoms with Crippen molar-refractivity contribution in [3.8, 4) is 5.75 Å². The highest BCUT2D eigenvalue weighted by Gasteiger charge is 2.07. The van der Waals surface area contributed by atoms with Crippen LogP contribution in [0.1, 0.15) is 17.3 Å². The van der Waals surface area contributed by atoms with Crippen LogP contribution < -0.4 is 4.74 Å². The van der Waals surface area contributed by atoms with Crippen LogP contribution in [0.2, 0.25) is 0 Å². The molecule has 3 nitrogen and oxygen atoms in total. The molecule has 1 rings (SSSR count). The molecule has 0 aliphatic heterocycles. The van der Waals surface area contributed by atoms with Crippen molar-refractivity contribution < 1.29 is 14.6 Å². The van der Waals surface area contributed by atoms with Crippen molar-refractivity contribution in [3.63, 3.8) is 0 Å². The van der Waals surface area contributed by atoms with Gasteiger partial charge in [0.25, 0.3) is 0 Å². The minimum Gasteiger partial charge on any atom is -0.488 e. The Labute approximate surface area is 96.5 Å². The fourth-order valence-electron chi connectivity index (χ4n) is 0.948. The van der Waals surface area contributed by atoms with Crippen LogP contribution in [-0.4, -0.2) is 17.7 Å². The third-order valence-corrected chi connectivity index (χ3v) is 2.31. The zero-order valence-electron chi connectivity index (χ0n) is 8.29. The molecule has 0 bridgehead atoms. The summed E-state index contributed by atoms with van der Waals surface area (Å²) in [4.78, 5) is 10.7. The van der Waals surface area contributed by atoms with Gasteiger partial charge in [-0.05, 0) is 46.6 Å². The molecular weight excluding hydrogens is 260 g/mol. The Balaban J connectivity index is 2.90. The second-order valence-corrected chi connectivity index (χ2v) is 4.05. The molecule has 1 aromatic carbocycles. The van der Waals surface area contributed by atoms with E-state index in [0.29, 0.717) is 12.4 Å². The van der Waals surface area contributed by atoms with Crippen molar-refractivity contribution in [3.05, 3.63) is 40.4 Å². The van der Waals surface area contributed by atoms with Gasteiger partial charge in [-0.25, -0.2) is 4.79 Å². The van der Waals surface area contributed by atoms with E-state index in [1.807, 2.05) is 6.92 Å². The molecule has 80 valence electrons. The third-order valence-electron chi connectivity index (χ3n) is 1.65. The van der Waals surface area contributed by atoms with E-state index < -0.39 is 5.97 Å².